The van der Waals surface area contributed by atoms with Crippen LogP contribution in [-0.2, 0) is 4.79 Å². The maximum atomic E-state index is 13.5. The Morgan fingerprint density at radius 3 is 2.71 bits per heavy atom. The molecule has 2 rings (SSSR count). The molecule has 2 N–H and O–H groups in total. The van der Waals surface area contributed by atoms with Gasteiger partial charge in [0.2, 0.25) is 5.91 Å². The molecule has 2 aromatic rings. The van der Waals surface area contributed by atoms with Gasteiger partial charge in [0.25, 0.3) is 0 Å². The second-order valence-corrected chi connectivity index (χ2v) is 4.57. The van der Waals surface area contributed by atoms with Gasteiger partial charge in [-0.3, -0.25) is 4.79 Å². The van der Waals surface area contributed by atoms with Gasteiger partial charge in [-0.2, -0.15) is 0 Å². The topological polar surface area (TPSA) is 49.3 Å². The fourth-order valence-electron chi connectivity index (χ4n) is 1.60. The third-order valence-corrected chi connectivity index (χ3v) is 2.84. The van der Waals surface area contributed by atoms with Gasteiger partial charge in [-0.05, 0) is 36.4 Å². The van der Waals surface area contributed by atoms with Crippen molar-refractivity contribution in [3.8, 4) is 5.75 Å². The zero-order valence-corrected chi connectivity index (χ0v) is 11.4. The Labute approximate surface area is 124 Å². The standard InChI is InChI=1S/C15H10ClF2NO2/c16-10-2-1-3-11(8-10)19-13(20)7-5-9-4-6-12(17)15(21)14(9)18/h1-8,21H,(H,19,20). The molecule has 0 aliphatic heterocycles. The number of rotatable bonds is 3. The molecule has 0 spiro atoms. The highest BCUT2D eigenvalue weighted by Crippen LogP contribution is 2.23. The number of phenols is 1. The minimum Gasteiger partial charge on any atom is -0.503 e. The number of hydrogen-bond donors (Lipinski definition) is 2. The van der Waals surface area contributed by atoms with Gasteiger partial charge in [0.15, 0.2) is 17.4 Å². The average Bonchev–Trinajstić information content (AvgIpc) is 2.44. The van der Waals surface area contributed by atoms with Crippen LogP contribution in [0.25, 0.3) is 6.08 Å². The lowest BCUT2D eigenvalue weighted by molar-refractivity contribution is -0.111. The molecule has 0 saturated heterocycles. The molecule has 1 amide bonds. The number of phenolic OH excluding ortho intramolecular Hbond substituents is 1. The highest BCUT2D eigenvalue weighted by atomic mass is 35.5. The molecular formula is C15H10ClF2NO2. The number of nitrogens with one attached hydrogen (secondary N) is 1. The van der Waals surface area contributed by atoms with E-state index in [-0.39, 0.29) is 5.56 Å². The lowest BCUT2D eigenvalue weighted by Crippen LogP contribution is -2.07. The minimum atomic E-state index is -1.12. The van der Waals surface area contributed by atoms with Gasteiger partial charge >= 0.3 is 0 Å². The lowest BCUT2D eigenvalue weighted by atomic mass is 10.1. The summed E-state index contributed by atoms with van der Waals surface area (Å²) in [6, 6.07) is 8.54. The number of halogens is 3. The molecule has 0 aliphatic rings. The van der Waals surface area contributed by atoms with E-state index in [1.54, 1.807) is 24.3 Å². The van der Waals surface area contributed by atoms with E-state index in [0.717, 1.165) is 24.3 Å². The van der Waals surface area contributed by atoms with Crippen LogP contribution in [0.15, 0.2) is 42.5 Å². The number of benzene rings is 2. The quantitative estimate of drug-likeness (QED) is 0.843. The molecule has 0 radical (unpaired) electrons. The highest BCUT2D eigenvalue weighted by Gasteiger charge is 2.10. The molecule has 0 aromatic heterocycles. The fourth-order valence-corrected chi connectivity index (χ4v) is 1.79. The third-order valence-electron chi connectivity index (χ3n) is 2.60. The summed E-state index contributed by atoms with van der Waals surface area (Å²) in [5, 5.41) is 12.1. The average molecular weight is 310 g/mol. The molecule has 108 valence electrons. The van der Waals surface area contributed by atoms with E-state index >= 15 is 0 Å². The predicted molar refractivity (Wildman–Crippen MR) is 77.1 cm³/mol. The molecule has 0 bridgehead atoms. The van der Waals surface area contributed by atoms with E-state index < -0.39 is 23.3 Å². The van der Waals surface area contributed by atoms with Crippen molar-refractivity contribution < 1.29 is 18.7 Å². The van der Waals surface area contributed by atoms with Gasteiger partial charge in [-0.25, -0.2) is 8.78 Å². The maximum Gasteiger partial charge on any atom is 0.248 e. The van der Waals surface area contributed by atoms with Crippen LogP contribution in [0.3, 0.4) is 0 Å². The number of amides is 1. The van der Waals surface area contributed by atoms with E-state index in [0.29, 0.717) is 10.7 Å². The molecule has 2 aromatic carbocycles. The minimum absolute atomic E-state index is 0.102. The second kappa shape index (κ2) is 6.37. The van der Waals surface area contributed by atoms with Crippen molar-refractivity contribution in [1.82, 2.24) is 0 Å². The summed E-state index contributed by atoms with van der Waals surface area (Å²) in [5.41, 5.74) is 0.384. The molecule has 0 fully saturated rings. The second-order valence-electron chi connectivity index (χ2n) is 4.13. The molecule has 3 nitrogen and oxygen atoms in total. The lowest BCUT2D eigenvalue weighted by Gasteiger charge is -2.03. The molecule has 0 saturated carbocycles. The van der Waals surface area contributed by atoms with Crippen LogP contribution >= 0.6 is 11.6 Å². The van der Waals surface area contributed by atoms with Crippen LogP contribution in [0.2, 0.25) is 5.02 Å². The van der Waals surface area contributed by atoms with Gasteiger partial charge < -0.3 is 10.4 Å². The number of anilines is 1. The Hall–Kier alpha value is -2.40. The van der Waals surface area contributed by atoms with Gasteiger partial charge in [0, 0.05) is 22.3 Å². The van der Waals surface area contributed by atoms with E-state index in [9.17, 15) is 13.6 Å². The van der Waals surface area contributed by atoms with Crippen molar-refractivity contribution in [3.63, 3.8) is 0 Å². The molecule has 0 aliphatic carbocycles. The summed E-state index contributed by atoms with van der Waals surface area (Å²) in [6.45, 7) is 0. The van der Waals surface area contributed by atoms with Crippen molar-refractivity contribution in [2.45, 2.75) is 0 Å². The van der Waals surface area contributed by atoms with Crippen LogP contribution in [0.4, 0.5) is 14.5 Å². The molecule has 0 unspecified atom stereocenters. The molecular weight excluding hydrogens is 300 g/mol. The van der Waals surface area contributed by atoms with Crippen LogP contribution in [0.1, 0.15) is 5.56 Å². The smallest absolute Gasteiger partial charge is 0.248 e. The zero-order valence-electron chi connectivity index (χ0n) is 10.6. The van der Waals surface area contributed by atoms with Crippen molar-refractivity contribution in [2.75, 3.05) is 5.32 Å². The Balaban J connectivity index is 2.11. The van der Waals surface area contributed by atoms with Crippen LogP contribution in [-0.4, -0.2) is 11.0 Å². The van der Waals surface area contributed by atoms with Crippen LogP contribution in [0, 0.1) is 11.6 Å². The summed E-state index contributed by atoms with van der Waals surface area (Å²) in [5.74, 6) is -3.78. The Morgan fingerprint density at radius 2 is 2.00 bits per heavy atom. The first-order valence-electron chi connectivity index (χ1n) is 5.89. The maximum absolute atomic E-state index is 13.5. The van der Waals surface area contributed by atoms with Gasteiger partial charge in [0.05, 0.1) is 0 Å². The highest BCUT2D eigenvalue weighted by molar-refractivity contribution is 6.30. The summed E-state index contributed by atoms with van der Waals surface area (Å²) >= 11 is 5.77. The van der Waals surface area contributed by atoms with Crippen molar-refractivity contribution in [2.24, 2.45) is 0 Å². The molecule has 21 heavy (non-hydrogen) atoms. The Kier molecular flexibility index (Phi) is 4.55. The van der Waals surface area contributed by atoms with Gasteiger partial charge in [0.1, 0.15) is 0 Å². The van der Waals surface area contributed by atoms with Crippen LogP contribution < -0.4 is 5.32 Å². The number of carbonyl (C=O) groups is 1. The first kappa shape index (κ1) is 15.0. The van der Waals surface area contributed by atoms with E-state index in [2.05, 4.69) is 5.32 Å². The molecule has 6 heteroatoms. The predicted octanol–water partition coefficient (Wildman–Crippen LogP) is 3.98. The summed E-state index contributed by atoms with van der Waals surface area (Å²) in [6.07, 6.45) is 2.20. The SMILES string of the molecule is O=C(C=Cc1ccc(F)c(O)c1F)Nc1cccc(Cl)c1. The molecule has 0 heterocycles. The Bertz CT molecular complexity index is 717. The molecule has 0 atom stereocenters. The summed E-state index contributed by atoms with van der Waals surface area (Å²) < 4.78 is 26.4. The van der Waals surface area contributed by atoms with Gasteiger partial charge in [-0.1, -0.05) is 17.7 Å². The third kappa shape index (κ3) is 3.79. The van der Waals surface area contributed by atoms with E-state index in [1.807, 2.05) is 0 Å². The summed E-state index contributed by atoms with van der Waals surface area (Å²) in [7, 11) is 0. The monoisotopic (exact) mass is 309 g/mol. The number of hydrogen-bond acceptors (Lipinski definition) is 2. The fraction of sp³-hybridized carbons (Fsp3) is 0. The van der Waals surface area contributed by atoms with Crippen molar-refractivity contribution >= 4 is 29.3 Å². The largest absolute Gasteiger partial charge is 0.503 e. The van der Waals surface area contributed by atoms with Gasteiger partial charge in [-0.15, -0.1) is 0 Å². The Morgan fingerprint density at radius 1 is 1.24 bits per heavy atom. The van der Waals surface area contributed by atoms with Crippen molar-refractivity contribution in [1.29, 1.82) is 0 Å². The summed E-state index contributed by atoms with van der Waals surface area (Å²) in [4.78, 5) is 11.7. The van der Waals surface area contributed by atoms with E-state index in [1.165, 1.54) is 0 Å². The van der Waals surface area contributed by atoms with Crippen molar-refractivity contribution in [3.05, 3.63) is 64.7 Å². The number of carbonyl (C=O) groups excluding carboxylic acids is 1. The number of aromatic hydroxyl groups is 1. The van der Waals surface area contributed by atoms with E-state index in [4.69, 9.17) is 16.7 Å². The first-order chi connectivity index (χ1) is 9.97. The first-order valence-corrected chi connectivity index (χ1v) is 6.27. The normalized spacial score (nSPS) is 10.8. The zero-order chi connectivity index (χ0) is 15.4. The van der Waals surface area contributed by atoms with Crippen LogP contribution in [0.5, 0.6) is 5.75 Å².